The third-order valence-corrected chi connectivity index (χ3v) is 3.81. The summed E-state index contributed by atoms with van der Waals surface area (Å²) < 4.78 is 12.3. The molecule has 128 valence electrons. The zero-order chi connectivity index (χ0) is 17.6. The first-order valence-corrected chi connectivity index (χ1v) is 8.13. The number of aromatic nitrogens is 1. The Labute approximate surface area is 145 Å². The molecule has 2 aromatic carbocycles. The molecular weight excluding hydrogens is 318 g/mol. The zero-order valence-corrected chi connectivity index (χ0v) is 14.0. The van der Waals surface area contributed by atoms with Crippen LogP contribution in [0.3, 0.4) is 0 Å². The zero-order valence-electron chi connectivity index (χ0n) is 14.0. The van der Waals surface area contributed by atoms with Crippen molar-refractivity contribution < 1.29 is 19.1 Å². The highest BCUT2D eigenvalue weighted by molar-refractivity contribution is 6.09. The van der Waals surface area contributed by atoms with Crippen molar-refractivity contribution in [2.75, 3.05) is 13.2 Å². The summed E-state index contributed by atoms with van der Waals surface area (Å²) in [5, 5.41) is 0.800. The van der Waals surface area contributed by atoms with Gasteiger partial charge in [0.25, 0.3) is 0 Å². The van der Waals surface area contributed by atoms with Gasteiger partial charge in [-0.1, -0.05) is 36.4 Å². The Hall–Kier alpha value is -3.08. The van der Waals surface area contributed by atoms with Crippen LogP contribution in [0.1, 0.15) is 17.3 Å². The van der Waals surface area contributed by atoms with Crippen molar-refractivity contribution in [1.82, 2.24) is 4.57 Å². The van der Waals surface area contributed by atoms with Gasteiger partial charge < -0.3 is 14.0 Å². The molecule has 0 aliphatic carbocycles. The topological polar surface area (TPSA) is 57.5 Å². The van der Waals surface area contributed by atoms with E-state index in [4.69, 9.17) is 9.47 Å². The van der Waals surface area contributed by atoms with Crippen LogP contribution in [0.4, 0.5) is 0 Å². The Morgan fingerprint density at radius 2 is 1.72 bits per heavy atom. The third-order valence-electron chi connectivity index (χ3n) is 3.81. The molecule has 0 fully saturated rings. The maximum atomic E-state index is 12.6. The summed E-state index contributed by atoms with van der Waals surface area (Å²) in [6.45, 7) is 2.11. The molecule has 0 aliphatic heterocycles. The Balaban J connectivity index is 1.83. The molecule has 0 atom stereocenters. The van der Waals surface area contributed by atoms with Gasteiger partial charge in [-0.05, 0) is 25.1 Å². The minimum absolute atomic E-state index is 0.0581. The van der Waals surface area contributed by atoms with E-state index in [1.165, 1.54) is 0 Å². The maximum absolute atomic E-state index is 12.6. The molecular formula is C20H19NO4. The van der Waals surface area contributed by atoms with E-state index in [0.717, 1.165) is 10.9 Å². The lowest BCUT2D eigenvalue weighted by atomic mass is 10.1. The van der Waals surface area contributed by atoms with Gasteiger partial charge in [0.1, 0.15) is 12.3 Å². The van der Waals surface area contributed by atoms with Crippen LogP contribution in [0.25, 0.3) is 10.9 Å². The number of ketones is 1. The van der Waals surface area contributed by atoms with Crippen LogP contribution in [-0.2, 0) is 16.1 Å². The predicted octanol–water partition coefficient (Wildman–Crippen LogP) is 3.47. The number of fused-ring (bicyclic) bond motifs is 1. The highest BCUT2D eigenvalue weighted by atomic mass is 16.5. The second-order valence-electron chi connectivity index (χ2n) is 5.52. The molecule has 0 radical (unpaired) electrons. The molecule has 0 unspecified atom stereocenters. The van der Waals surface area contributed by atoms with Gasteiger partial charge in [0.2, 0.25) is 5.78 Å². The lowest BCUT2D eigenvalue weighted by Crippen LogP contribution is -2.13. The third kappa shape index (κ3) is 3.88. The fraction of sp³-hybridized carbons (Fsp3) is 0.200. The largest absolute Gasteiger partial charge is 0.485 e. The smallest absolute Gasteiger partial charge is 0.325 e. The molecule has 0 bridgehead atoms. The quantitative estimate of drug-likeness (QED) is 0.489. The summed E-state index contributed by atoms with van der Waals surface area (Å²) in [5.41, 5.74) is 1.36. The van der Waals surface area contributed by atoms with E-state index < -0.39 is 0 Å². The number of Topliss-reactive ketones (excluding diaryl/α,β-unsaturated/α-hetero) is 1. The molecule has 0 spiro atoms. The van der Waals surface area contributed by atoms with E-state index in [1.807, 2.05) is 42.5 Å². The molecule has 25 heavy (non-hydrogen) atoms. The fourth-order valence-electron chi connectivity index (χ4n) is 2.69. The van der Waals surface area contributed by atoms with Gasteiger partial charge >= 0.3 is 5.97 Å². The molecule has 0 saturated carbocycles. The average Bonchev–Trinajstić information content (AvgIpc) is 2.99. The van der Waals surface area contributed by atoms with E-state index in [9.17, 15) is 9.59 Å². The van der Waals surface area contributed by atoms with Gasteiger partial charge in [0.05, 0.1) is 6.61 Å². The van der Waals surface area contributed by atoms with Crippen LogP contribution < -0.4 is 4.74 Å². The van der Waals surface area contributed by atoms with E-state index in [-0.39, 0.29) is 24.9 Å². The summed E-state index contributed by atoms with van der Waals surface area (Å²) in [7, 11) is 0. The van der Waals surface area contributed by atoms with Gasteiger partial charge in [-0.25, -0.2) is 0 Å². The van der Waals surface area contributed by atoms with Crippen LogP contribution in [0, 0.1) is 0 Å². The Morgan fingerprint density at radius 1 is 1.00 bits per heavy atom. The molecule has 3 rings (SSSR count). The van der Waals surface area contributed by atoms with Crippen molar-refractivity contribution in [3.63, 3.8) is 0 Å². The number of nitrogens with zero attached hydrogens (tertiary/aromatic N) is 1. The second-order valence-corrected chi connectivity index (χ2v) is 5.52. The van der Waals surface area contributed by atoms with Crippen molar-refractivity contribution >= 4 is 22.7 Å². The van der Waals surface area contributed by atoms with E-state index >= 15 is 0 Å². The molecule has 0 N–H and O–H groups in total. The average molecular weight is 337 g/mol. The predicted molar refractivity (Wildman–Crippen MR) is 94.8 cm³/mol. The van der Waals surface area contributed by atoms with Gasteiger partial charge in [-0.2, -0.15) is 0 Å². The monoisotopic (exact) mass is 337 g/mol. The van der Waals surface area contributed by atoms with Crippen molar-refractivity contribution in [2.24, 2.45) is 0 Å². The number of benzene rings is 2. The Bertz CT molecular complexity index is 883. The summed E-state index contributed by atoms with van der Waals surface area (Å²) in [6.07, 6.45) is 1.69. The number of carbonyl (C=O) groups is 2. The second kappa shape index (κ2) is 7.66. The maximum Gasteiger partial charge on any atom is 0.325 e. The standard InChI is InChI=1S/C20H19NO4/c1-2-24-20(23)13-21-12-17(16-10-6-7-11-18(16)21)19(22)14-25-15-8-4-3-5-9-15/h3-12H,2,13-14H2,1H3. The fourth-order valence-corrected chi connectivity index (χ4v) is 2.69. The lowest BCUT2D eigenvalue weighted by Gasteiger charge is -2.04. The number of para-hydroxylation sites is 2. The molecule has 5 heteroatoms. The number of hydrogen-bond donors (Lipinski definition) is 0. The number of esters is 1. The van der Waals surface area contributed by atoms with Gasteiger partial charge in [0.15, 0.2) is 6.61 Å². The SMILES string of the molecule is CCOC(=O)Cn1cc(C(=O)COc2ccccc2)c2ccccc21. The Kier molecular flexibility index (Phi) is 5.14. The van der Waals surface area contributed by atoms with Gasteiger partial charge in [-0.15, -0.1) is 0 Å². The summed E-state index contributed by atoms with van der Waals surface area (Å²) >= 11 is 0. The van der Waals surface area contributed by atoms with E-state index in [0.29, 0.717) is 17.9 Å². The summed E-state index contributed by atoms with van der Waals surface area (Å²) in [4.78, 5) is 24.4. The highest BCUT2D eigenvalue weighted by Gasteiger charge is 2.17. The number of carbonyl (C=O) groups excluding carboxylic acids is 2. The lowest BCUT2D eigenvalue weighted by molar-refractivity contribution is -0.143. The highest BCUT2D eigenvalue weighted by Crippen LogP contribution is 2.22. The van der Waals surface area contributed by atoms with Crippen molar-refractivity contribution in [3.8, 4) is 5.75 Å². The molecule has 1 heterocycles. The normalized spacial score (nSPS) is 10.6. The number of hydrogen-bond acceptors (Lipinski definition) is 4. The Morgan fingerprint density at radius 3 is 2.48 bits per heavy atom. The van der Waals surface area contributed by atoms with Crippen molar-refractivity contribution in [1.29, 1.82) is 0 Å². The molecule has 0 saturated heterocycles. The van der Waals surface area contributed by atoms with Crippen molar-refractivity contribution in [3.05, 3.63) is 66.4 Å². The van der Waals surface area contributed by atoms with Crippen molar-refractivity contribution in [2.45, 2.75) is 13.5 Å². The van der Waals surface area contributed by atoms with Gasteiger partial charge in [0, 0.05) is 22.7 Å². The minimum Gasteiger partial charge on any atom is -0.485 e. The molecule has 1 aromatic heterocycles. The first kappa shape index (κ1) is 16.8. The molecule has 0 amide bonds. The summed E-state index contributed by atoms with van der Waals surface area (Å²) in [6, 6.07) is 16.7. The van der Waals surface area contributed by atoms with Crippen LogP contribution in [-0.4, -0.2) is 29.5 Å². The first-order chi connectivity index (χ1) is 12.2. The van der Waals surface area contributed by atoms with Crippen LogP contribution in [0.5, 0.6) is 5.75 Å². The summed E-state index contributed by atoms with van der Waals surface area (Å²) in [5.74, 6) is 0.177. The van der Waals surface area contributed by atoms with Crippen LogP contribution in [0.2, 0.25) is 0 Å². The molecule has 3 aromatic rings. The van der Waals surface area contributed by atoms with Crippen LogP contribution in [0.15, 0.2) is 60.8 Å². The first-order valence-electron chi connectivity index (χ1n) is 8.13. The molecule has 0 aliphatic rings. The van der Waals surface area contributed by atoms with E-state index in [2.05, 4.69) is 0 Å². The van der Waals surface area contributed by atoms with E-state index in [1.54, 1.807) is 29.8 Å². The van der Waals surface area contributed by atoms with Gasteiger partial charge in [-0.3, -0.25) is 9.59 Å². The molecule has 5 nitrogen and oxygen atoms in total. The minimum atomic E-state index is -0.331. The van der Waals surface area contributed by atoms with Crippen LogP contribution >= 0.6 is 0 Å². The number of rotatable bonds is 7. The number of ether oxygens (including phenoxy) is 2.